The summed E-state index contributed by atoms with van der Waals surface area (Å²) in [5.74, 6) is 2.48. The van der Waals surface area contributed by atoms with Crippen LogP contribution < -0.4 is 9.47 Å². The molecule has 1 unspecified atom stereocenters. The van der Waals surface area contributed by atoms with Crippen molar-refractivity contribution in [2.24, 2.45) is 11.8 Å². The number of carbonyl (C=O) groups excluding carboxylic acids is 1. The van der Waals surface area contributed by atoms with Gasteiger partial charge in [-0.05, 0) is 106 Å². The van der Waals surface area contributed by atoms with Crippen LogP contribution in [0.5, 0.6) is 11.5 Å². The molecule has 2 heterocycles. The van der Waals surface area contributed by atoms with Crippen LogP contribution in [-0.2, 0) is 6.54 Å². The quantitative estimate of drug-likeness (QED) is 0.275. The Bertz CT molecular complexity index is 1250. The van der Waals surface area contributed by atoms with Gasteiger partial charge in [0.05, 0.1) is 18.8 Å². The van der Waals surface area contributed by atoms with E-state index in [9.17, 15) is 9.18 Å². The maximum Gasteiger partial charge on any atom is 0.163 e. The molecule has 1 saturated heterocycles. The van der Waals surface area contributed by atoms with Gasteiger partial charge in [0.15, 0.2) is 5.78 Å². The highest BCUT2D eigenvalue weighted by Gasteiger charge is 2.44. The van der Waals surface area contributed by atoms with Crippen molar-refractivity contribution < 1.29 is 18.7 Å². The fourth-order valence-corrected chi connectivity index (χ4v) is 6.42. The Hall–Kier alpha value is -3.25. The predicted molar refractivity (Wildman–Crippen MR) is 147 cm³/mol. The summed E-state index contributed by atoms with van der Waals surface area (Å²) in [7, 11) is 0. The molecule has 0 amide bonds. The number of nitrogens with zero attached hydrogens (tertiary/aromatic N) is 2. The molecule has 38 heavy (non-hydrogen) atoms. The van der Waals surface area contributed by atoms with Crippen molar-refractivity contribution >= 4 is 5.78 Å². The van der Waals surface area contributed by atoms with Crippen molar-refractivity contribution in [2.75, 3.05) is 19.8 Å². The van der Waals surface area contributed by atoms with Crippen LogP contribution in [-0.4, -0.2) is 41.5 Å². The number of hydrogen-bond acceptors (Lipinski definition) is 5. The van der Waals surface area contributed by atoms with Crippen LogP contribution in [0.3, 0.4) is 0 Å². The smallest absolute Gasteiger partial charge is 0.163 e. The molecule has 6 heteroatoms. The first-order valence-corrected chi connectivity index (χ1v) is 13.8. The van der Waals surface area contributed by atoms with Gasteiger partial charge in [-0.25, -0.2) is 4.39 Å². The zero-order chi connectivity index (χ0) is 26.6. The second-order valence-electron chi connectivity index (χ2n) is 10.5. The van der Waals surface area contributed by atoms with Crippen molar-refractivity contribution in [2.45, 2.75) is 59.0 Å². The third-order valence-electron chi connectivity index (χ3n) is 8.06. The normalized spacial score (nSPS) is 20.9. The number of hydrogen-bond donors (Lipinski definition) is 0. The van der Waals surface area contributed by atoms with Gasteiger partial charge in [0.25, 0.3) is 0 Å². The summed E-state index contributed by atoms with van der Waals surface area (Å²) in [5.41, 5.74) is 4.55. The third-order valence-corrected chi connectivity index (χ3v) is 8.06. The molecule has 2 aliphatic rings. The van der Waals surface area contributed by atoms with Gasteiger partial charge in [0.1, 0.15) is 17.3 Å². The number of benzene rings is 2. The number of rotatable bonds is 10. The van der Waals surface area contributed by atoms with Gasteiger partial charge < -0.3 is 9.47 Å². The average molecular weight is 517 g/mol. The minimum atomic E-state index is -0.266. The Morgan fingerprint density at radius 2 is 1.71 bits per heavy atom. The van der Waals surface area contributed by atoms with Crippen LogP contribution in [0, 0.1) is 24.6 Å². The topological polar surface area (TPSA) is 51.7 Å². The highest BCUT2D eigenvalue weighted by atomic mass is 19.1. The van der Waals surface area contributed by atoms with Crippen molar-refractivity contribution in [1.29, 1.82) is 0 Å². The first-order valence-electron chi connectivity index (χ1n) is 13.8. The molecular formula is C32H37FN2O3. The van der Waals surface area contributed by atoms with E-state index in [-0.39, 0.29) is 11.6 Å². The van der Waals surface area contributed by atoms with E-state index in [0.717, 1.165) is 71.8 Å². The Kier molecular flexibility index (Phi) is 8.08. The van der Waals surface area contributed by atoms with Crippen LogP contribution >= 0.6 is 0 Å². The van der Waals surface area contributed by atoms with Crippen molar-refractivity contribution in [3.05, 3.63) is 77.4 Å². The number of ether oxygens (including phenoxy) is 2. The highest BCUT2D eigenvalue weighted by molar-refractivity contribution is 5.96. The fraction of sp³-hybridized carbons (Fsp3) is 0.438. The first-order chi connectivity index (χ1) is 18.5. The lowest BCUT2D eigenvalue weighted by molar-refractivity contribution is 0.0948. The maximum atomic E-state index is 13.6. The summed E-state index contributed by atoms with van der Waals surface area (Å²) >= 11 is 0. The average Bonchev–Trinajstić information content (AvgIpc) is 3.48. The summed E-state index contributed by atoms with van der Waals surface area (Å²) in [6.45, 7) is 8.78. The molecule has 3 atom stereocenters. The molecule has 1 aliphatic carbocycles. The second kappa shape index (κ2) is 11.6. The molecule has 1 saturated carbocycles. The predicted octanol–water partition coefficient (Wildman–Crippen LogP) is 6.87. The molecular weight excluding hydrogens is 479 g/mol. The number of Topliss-reactive ketones (excluding diaryl/α,β-unsaturated/α-hetero) is 1. The van der Waals surface area contributed by atoms with Crippen LogP contribution in [0.1, 0.15) is 61.1 Å². The van der Waals surface area contributed by atoms with Crippen LogP contribution in [0.25, 0.3) is 11.1 Å². The number of pyridine rings is 1. The summed E-state index contributed by atoms with van der Waals surface area (Å²) < 4.78 is 25.8. The zero-order valence-electron chi connectivity index (χ0n) is 22.6. The molecule has 1 aliphatic heterocycles. The number of aryl methyl sites for hydroxylation is 1. The summed E-state index contributed by atoms with van der Waals surface area (Å²) in [5, 5.41) is 0. The number of aromatic nitrogens is 1. The molecule has 1 aromatic heterocycles. The van der Waals surface area contributed by atoms with E-state index in [1.165, 1.54) is 12.1 Å². The van der Waals surface area contributed by atoms with Crippen molar-refractivity contribution in [1.82, 2.24) is 9.88 Å². The molecule has 2 fully saturated rings. The van der Waals surface area contributed by atoms with E-state index in [1.807, 2.05) is 32.9 Å². The summed E-state index contributed by atoms with van der Waals surface area (Å²) in [4.78, 5) is 19.8. The number of fused-ring (bicyclic) bond motifs is 1. The molecule has 5 nitrogen and oxygen atoms in total. The van der Waals surface area contributed by atoms with Crippen molar-refractivity contribution in [3.8, 4) is 22.6 Å². The Morgan fingerprint density at radius 3 is 2.37 bits per heavy atom. The van der Waals surface area contributed by atoms with Crippen LogP contribution in [0.15, 0.2) is 54.7 Å². The Labute approximate surface area is 225 Å². The molecule has 5 rings (SSSR count). The Balaban J connectivity index is 1.33. The Morgan fingerprint density at radius 1 is 1.00 bits per heavy atom. The zero-order valence-corrected chi connectivity index (χ0v) is 22.6. The lowest BCUT2D eigenvalue weighted by atomic mass is 9.87. The monoisotopic (exact) mass is 516 g/mol. The van der Waals surface area contributed by atoms with E-state index in [4.69, 9.17) is 9.47 Å². The molecule has 0 radical (unpaired) electrons. The first kappa shape index (κ1) is 26.4. The number of carbonyl (C=O) groups is 1. The largest absolute Gasteiger partial charge is 0.493 e. The SMILES string of the molecule is CCOc1cc(CN2CC[C@H]3C(CC(=O)c4ccnc(C)c4)CC[C@H]32)cc(OCC)c1-c1ccc(F)cc1. The minimum Gasteiger partial charge on any atom is -0.493 e. The van der Waals surface area contributed by atoms with E-state index in [2.05, 4.69) is 22.0 Å². The van der Waals surface area contributed by atoms with Crippen LogP contribution in [0.2, 0.25) is 0 Å². The molecule has 0 spiro atoms. The molecule has 0 N–H and O–H groups in total. The summed E-state index contributed by atoms with van der Waals surface area (Å²) in [6.07, 6.45) is 5.70. The standard InChI is InChI=1S/C32H37FN2O3/c1-4-37-30-17-22(18-31(38-5-2)32(30)23-6-9-26(33)10-7-23)20-35-15-13-27-24(8-11-28(27)35)19-29(36)25-12-14-34-21(3)16-25/h6-7,9-10,12,14,16-18,24,27-28H,4-5,8,11,13,15,19-20H2,1-3H3/t24?,27-,28+/m0/s1. The number of ketones is 1. The van der Waals surface area contributed by atoms with Crippen LogP contribution in [0.4, 0.5) is 4.39 Å². The van der Waals surface area contributed by atoms with Gasteiger partial charge in [-0.1, -0.05) is 12.1 Å². The van der Waals surface area contributed by atoms with Gasteiger partial charge >= 0.3 is 0 Å². The van der Waals surface area contributed by atoms with E-state index >= 15 is 0 Å². The second-order valence-corrected chi connectivity index (χ2v) is 10.5. The van der Waals surface area contributed by atoms with E-state index < -0.39 is 0 Å². The molecule has 200 valence electrons. The molecule has 2 aromatic carbocycles. The van der Waals surface area contributed by atoms with Gasteiger partial charge in [0, 0.05) is 36.5 Å². The van der Waals surface area contributed by atoms with E-state index in [1.54, 1.807) is 18.3 Å². The third kappa shape index (κ3) is 5.60. The van der Waals surface area contributed by atoms with Gasteiger partial charge in [-0.3, -0.25) is 14.7 Å². The fourth-order valence-electron chi connectivity index (χ4n) is 6.42. The minimum absolute atomic E-state index is 0.235. The van der Waals surface area contributed by atoms with Gasteiger partial charge in [0.2, 0.25) is 0 Å². The number of halogens is 1. The lowest BCUT2D eigenvalue weighted by Gasteiger charge is -2.25. The number of likely N-dealkylation sites (tertiary alicyclic amines) is 1. The maximum absolute atomic E-state index is 13.6. The van der Waals surface area contributed by atoms with E-state index in [0.29, 0.717) is 37.5 Å². The van der Waals surface area contributed by atoms with Gasteiger partial charge in [-0.2, -0.15) is 0 Å². The molecule has 0 bridgehead atoms. The van der Waals surface area contributed by atoms with Gasteiger partial charge in [-0.15, -0.1) is 0 Å². The summed E-state index contributed by atoms with van der Waals surface area (Å²) in [6, 6.07) is 14.9. The highest BCUT2D eigenvalue weighted by Crippen LogP contribution is 2.46. The lowest BCUT2D eigenvalue weighted by Crippen LogP contribution is -2.30. The molecule has 3 aromatic rings. The van der Waals surface area contributed by atoms with Crippen molar-refractivity contribution in [3.63, 3.8) is 0 Å².